The number of benzene rings is 2. The fourth-order valence-electron chi connectivity index (χ4n) is 7.60. The van der Waals surface area contributed by atoms with Gasteiger partial charge in [0.25, 0.3) is 0 Å². The number of nitrogens with one attached hydrogen (secondary N) is 1. The third kappa shape index (κ3) is 4.27. The molecule has 2 aliphatic carbocycles. The van der Waals surface area contributed by atoms with Gasteiger partial charge in [-0.2, -0.15) is 5.26 Å². The lowest BCUT2D eigenvalue weighted by atomic mass is 10.0. The van der Waals surface area contributed by atoms with Gasteiger partial charge in [0, 0.05) is 25.2 Å². The fourth-order valence-corrected chi connectivity index (χ4v) is 7.60. The van der Waals surface area contributed by atoms with E-state index in [0.717, 1.165) is 17.5 Å². The van der Waals surface area contributed by atoms with Crippen LogP contribution in [0.25, 0.3) is 11.1 Å². The van der Waals surface area contributed by atoms with Crippen molar-refractivity contribution >= 4 is 17.9 Å². The lowest BCUT2D eigenvalue weighted by Gasteiger charge is -2.39. The van der Waals surface area contributed by atoms with E-state index in [1.54, 1.807) is 25.7 Å². The second-order valence-corrected chi connectivity index (χ2v) is 13.1. The highest BCUT2D eigenvalue weighted by Gasteiger charge is 2.57. The zero-order valence-electron chi connectivity index (χ0n) is 23.6. The first kappa shape index (κ1) is 26.0. The Hall–Kier alpha value is -3.90. The number of hydrogen-bond acceptors (Lipinski definition) is 6. The van der Waals surface area contributed by atoms with Crippen LogP contribution in [0.1, 0.15) is 57.2 Å². The Morgan fingerprint density at radius 3 is 2.32 bits per heavy atom. The minimum Gasteiger partial charge on any atom is -0.444 e. The Bertz CT molecular complexity index is 1430. The van der Waals surface area contributed by atoms with E-state index in [9.17, 15) is 19.6 Å². The molecule has 0 unspecified atom stereocenters. The second-order valence-electron chi connectivity index (χ2n) is 13.1. The lowest BCUT2D eigenvalue weighted by molar-refractivity contribution is -0.141. The molecular weight excluding hydrogens is 518 g/mol. The zero-order chi connectivity index (χ0) is 28.6. The topological polar surface area (TPSA) is 106 Å². The second kappa shape index (κ2) is 9.31. The van der Waals surface area contributed by atoms with E-state index >= 15 is 0 Å². The van der Waals surface area contributed by atoms with Gasteiger partial charge >= 0.3 is 6.09 Å². The van der Waals surface area contributed by atoms with Crippen molar-refractivity contribution in [3.63, 3.8) is 0 Å². The summed E-state index contributed by atoms with van der Waals surface area (Å²) < 4.78 is 5.49. The van der Waals surface area contributed by atoms with Gasteiger partial charge in [-0.25, -0.2) is 4.79 Å². The molecule has 0 radical (unpaired) electrons. The number of nitrogens with zero attached hydrogens (tertiary/aromatic N) is 4. The molecule has 2 aromatic carbocycles. The van der Waals surface area contributed by atoms with Gasteiger partial charge in [-0.05, 0) is 68.2 Å². The first-order chi connectivity index (χ1) is 19.6. The predicted molar refractivity (Wildman–Crippen MR) is 150 cm³/mol. The molecule has 1 N–H and O–H groups in total. The normalized spacial score (nSPS) is 28.6. The van der Waals surface area contributed by atoms with Gasteiger partial charge in [-0.1, -0.05) is 48.5 Å². The monoisotopic (exact) mass is 553 g/mol. The van der Waals surface area contributed by atoms with Crippen molar-refractivity contribution in [3.05, 3.63) is 59.7 Å². The number of nitriles is 1. The van der Waals surface area contributed by atoms with Crippen molar-refractivity contribution in [2.75, 3.05) is 13.1 Å². The molecule has 0 aromatic heterocycles. The molecular formula is C32H35N5O4. The van der Waals surface area contributed by atoms with E-state index in [2.05, 4.69) is 35.7 Å². The first-order valence-electron chi connectivity index (χ1n) is 14.6. The third-order valence-corrected chi connectivity index (χ3v) is 9.31. The molecule has 2 aromatic rings. The molecule has 5 aliphatic rings. The Labute approximate surface area is 240 Å². The summed E-state index contributed by atoms with van der Waals surface area (Å²) in [5.41, 5.74) is 3.92. The first-order valence-corrected chi connectivity index (χ1v) is 14.6. The van der Waals surface area contributed by atoms with Crippen LogP contribution in [0.4, 0.5) is 4.79 Å². The van der Waals surface area contributed by atoms with Crippen LogP contribution in [-0.2, 0) is 14.3 Å². The van der Waals surface area contributed by atoms with E-state index in [0.29, 0.717) is 25.3 Å². The number of piperazine rings is 1. The van der Waals surface area contributed by atoms with E-state index in [4.69, 9.17) is 4.74 Å². The maximum Gasteiger partial charge on any atom is 0.408 e. The summed E-state index contributed by atoms with van der Waals surface area (Å²) in [5.74, 6) is 0.151. The Morgan fingerprint density at radius 2 is 1.71 bits per heavy atom. The van der Waals surface area contributed by atoms with E-state index in [1.807, 2.05) is 34.1 Å². The molecule has 9 nitrogen and oxygen atoms in total. The molecule has 6 atom stereocenters. The van der Waals surface area contributed by atoms with Crippen LogP contribution >= 0.6 is 0 Å². The molecule has 7 rings (SSSR count). The van der Waals surface area contributed by atoms with Crippen LogP contribution in [0.5, 0.6) is 0 Å². The maximum absolute atomic E-state index is 14.0. The third-order valence-electron chi connectivity index (χ3n) is 9.31. The minimum absolute atomic E-state index is 0.000414. The van der Waals surface area contributed by atoms with Crippen molar-refractivity contribution in [1.29, 1.82) is 5.26 Å². The maximum atomic E-state index is 14.0. The fraction of sp³-hybridized carbons (Fsp3) is 0.500. The number of fused-ring (bicyclic) bond motifs is 6. The van der Waals surface area contributed by atoms with Crippen LogP contribution in [0.3, 0.4) is 0 Å². The summed E-state index contributed by atoms with van der Waals surface area (Å²) >= 11 is 0. The van der Waals surface area contributed by atoms with Crippen LogP contribution in [0.2, 0.25) is 0 Å². The number of piperidine rings is 1. The number of ether oxygens (including phenoxy) is 1. The molecule has 3 amide bonds. The van der Waals surface area contributed by atoms with Gasteiger partial charge in [0.15, 0.2) is 0 Å². The molecule has 2 bridgehead atoms. The molecule has 4 fully saturated rings. The summed E-state index contributed by atoms with van der Waals surface area (Å²) in [6.07, 6.45) is 1.59. The molecule has 9 heteroatoms. The SMILES string of the molecule is CC(C)(C)OC(=O)N[C@@H](CN1C[C@@H]2C[C@H]1C(=O)N2C1c2ccccc2-c2ccccc21)C(=O)N1[C@H](C#N)C[C@@H]2C[C@@H]21. The van der Waals surface area contributed by atoms with E-state index < -0.39 is 23.8 Å². The minimum atomic E-state index is -0.909. The molecule has 3 aliphatic heterocycles. The van der Waals surface area contributed by atoms with Crippen molar-refractivity contribution in [3.8, 4) is 17.2 Å². The number of carbonyl (C=O) groups excluding carboxylic acids is 3. The number of alkyl carbamates (subject to hydrolysis) is 1. The highest BCUT2D eigenvalue weighted by molar-refractivity contribution is 5.90. The van der Waals surface area contributed by atoms with Crippen LogP contribution in [0, 0.1) is 17.2 Å². The average molecular weight is 554 g/mol. The summed E-state index contributed by atoms with van der Waals surface area (Å²) in [7, 11) is 0. The van der Waals surface area contributed by atoms with E-state index in [-0.39, 0.29) is 42.5 Å². The Kier molecular flexibility index (Phi) is 5.91. The highest BCUT2D eigenvalue weighted by Crippen LogP contribution is 2.50. The smallest absolute Gasteiger partial charge is 0.408 e. The Balaban J connectivity index is 1.12. The lowest BCUT2D eigenvalue weighted by Crippen LogP contribution is -2.59. The van der Waals surface area contributed by atoms with Crippen LogP contribution in [0.15, 0.2) is 48.5 Å². The van der Waals surface area contributed by atoms with Crippen molar-refractivity contribution in [2.45, 2.75) is 81.9 Å². The van der Waals surface area contributed by atoms with Gasteiger partial charge in [-0.3, -0.25) is 14.5 Å². The molecule has 212 valence electrons. The van der Waals surface area contributed by atoms with Gasteiger partial charge in [0.05, 0.1) is 18.2 Å². The summed E-state index contributed by atoms with van der Waals surface area (Å²) in [6.45, 7) is 6.14. The van der Waals surface area contributed by atoms with Crippen molar-refractivity contribution in [1.82, 2.24) is 20.0 Å². The van der Waals surface area contributed by atoms with Gasteiger partial charge < -0.3 is 19.9 Å². The highest BCUT2D eigenvalue weighted by atomic mass is 16.6. The molecule has 41 heavy (non-hydrogen) atoms. The molecule has 3 heterocycles. The predicted octanol–water partition coefficient (Wildman–Crippen LogP) is 3.45. The van der Waals surface area contributed by atoms with E-state index in [1.165, 1.54) is 11.1 Å². The number of likely N-dealkylation sites (tertiary alicyclic amines) is 3. The average Bonchev–Trinajstić information content (AvgIpc) is 3.21. The van der Waals surface area contributed by atoms with Gasteiger partial charge in [0.1, 0.15) is 17.7 Å². The van der Waals surface area contributed by atoms with Crippen molar-refractivity contribution in [2.24, 2.45) is 5.92 Å². The zero-order valence-corrected chi connectivity index (χ0v) is 23.6. The van der Waals surface area contributed by atoms with Crippen LogP contribution < -0.4 is 5.32 Å². The summed E-state index contributed by atoms with van der Waals surface area (Å²) in [5, 5.41) is 12.5. The van der Waals surface area contributed by atoms with Crippen LogP contribution in [-0.4, -0.2) is 81.5 Å². The van der Waals surface area contributed by atoms with Crippen molar-refractivity contribution < 1.29 is 19.1 Å². The standard InChI is InChI=1S/C32H35N5O4/c1-32(2,3)41-31(40)34-25(29(38)36-19(15-33)12-18-13-26(18)36)17-35-16-20-14-27(35)30(39)37(20)28-23-10-6-4-8-21(23)22-9-5-7-11-24(22)28/h4-11,18-20,25-28H,12-14,16-17H2,1-3H3,(H,34,40)/t18-,19+,20+,25+,26+,27+/m1/s1. The van der Waals surface area contributed by atoms with Gasteiger partial charge in [-0.15, -0.1) is 0 Å². The largest absolute Gasteiger partial charge is 0.444 e. The number of amides is 3. The Morgan fingerprint density at radius 1 is 1.05 bits per heavy atom. The van der Waals surface area contributed by atoms with Gasteiger partial charge in [0.2, 0.25) is 11.8 Å². The molecule has 1 saturated carbocycles. The summed E-state index contributed by atoms with van der Waals surface area (Å²) in [6, 6.07) is 17.0. The molecule has 3 saturated heterocycles. The number of carbonyl (C=O) groups is 3. The number of rotatable bonds is 5. The molecule has 0 spiro atoms. The quantitative estimate of drug-likeness (QED) is 0.608. The summed E-state index contributed by atoms with van der Waals surface area (Å²) in [4.78, 5) is 46.4. The number of hydrogen-bond donors (Lipinski definition) is 1.